The summed E-state index contributed by atoms with van der Waals surface area (Å²) in [6.07, 6.45) is 0. The highest BCUT2D eigenvalue weighted by Gasteiger charge is 2.45. The number of aromatic nitrogens is 1. The third kappa shape index (κ3) is 10.3. The van der Waals surface area contributed by atoms with Crippen molar-refractivity contribution in [2.24, 2.45) is 0 Å². The van der Waals surface area contributed by atoms with E-state index in [-0.39, 0.29) is 6.71 Å². The topological polar surface area (TPSA) is 11.4 Å². The number of nitrogens with zero attached hydrogens (tertiary/aromatic N) is 3. The molecular formula is C104H68BN3. The molecule has 2 aliphatic rings. The van der Waals surface area contributed by atoms with E-state index in [1.54, 1.807) is 0 Å². The van der Waals surface area contributed by atoms with Gasteiger partial charge in [0.25, 0.3) is 6.71 Å². The summed E-state index contributed by atoms with van der Waals surface area (Å²) in [5, 5.41) is 7.32. The number of anilines is 6. The van der Waals surface area contributed by atoms with Crippen LogP contribution in [0.4, 0.5) is 34.1 Å². The van der Waals surface area contributed by atoms with E-state index in [0.717, 1.165) is 129 Å². The van der Waals surface area contributed by atoms with Crippen molar-refractivity contribution >= 4 is 101 Å². The van der Waals surface area contributed by atoms with Crippen LogP contribution in [0.15, 0.2) is 413 Å². The number of rotatable bonds is 12. The third-order valence-electron chi connectivity index (χ3n) is 22.5. The lowest BCUT2D eigenvalue weighted by molar-refractivity contribution is 1.17. The fourth-order valence-corrected chi connectivity index (χ4v) is 17.8. The fraction of sp³-hybridized carbons (Fsp3) is 0. The normalized spacial score (nSPS) is 12.2. The summed E-state index contributed by atoms with van der Waals surface area (Å²) in [6.45, 7) is -0.246. The minimum Gasteiger partial charge on any atom is -0.310 e. The molecule has 21 rings (SSSR count). The molecule has 2 aliphatic heterocycles. The zero-order valence-electron chi connectivity index (χ0n) is 59.2. The van der Waals surface area contributed by atoms with Crippen molar-refractivity contribution in [3.05, 3.63) is 413 Å². The maximum atomic E-state index is 2.68. The van der Waals surface area contributed by atoms with Crippen molar-refractivity contribution < 1.29 is 0 Å². The highest BCUT2D eigenvalue weighted by atomic mass is 15.2. The number of hydrogen-bond acceptors (Lipinski definition) is 2. The molecule has 18 aromatic carbocycles. The first kappa shape index (κ1) is 62.5. The first-order valence-corrected chi connectivity index (χ1v) is 37.4. The Morgan fingerprint density at radius 1 is 0.185 bits per heavy atom. The second-order valence-electron chi connectivity index (χ2n) is 28.5. The Hall–Kier alpha value is -14.1. The highest BCUT2D eigenvalue weighted by molar-refractivity contribution is 7.00. The number of fused-ring (bicyclic) bond motifs is 9. The van der Waals surface area contributed by atoms with Crippen LogP contribution in [0.1, 0.15) is 0 Å². The van der Waals surface area contributed by atoms with E-state index >= 15 is 0 Å². The molecule has 0 saturated heterocycles. The van der Waals surface area contributed by atoms with Gasteiger partial charge in [-0.15, -0.1) is 0 Å². The molecule has 0 saturated carbocycles. The third-order valence-corrected chi connectivity index (χ3v) is 22.5. The monoisotopic (exact) mass is 1370 g/mol. The van der Waals surface area contributed by atoms with Crippen molar-refractivity contribution in [1.82, 2.24) is 4.57 Å². The summed E-state index contributed by atoms with van der Waals surface area (Å²) in [4.78, 5) is 5.34. The Morgan fingerprint density at radius 3 is 0.935 bits per heavy atom. The van der Waals surface area contributed by atoms with E-state index in [1.165, 1.54) is 71.0 Å². The zero-order valence-corrected chi connectivity index (χ0v) is 59.2. The number of benzene rings is 18. The molecule has 0 fully saturated rings. The van der Waals surface area contributed by atoms with Gasteiger partial charge in [-0.3, -0.25) is 0 Å². The van der Waals surface area contributed by atoms with Gasteiger partial charge in [0.05, 0.1) is 22.4 Å². The van der Waals surface area contributed by atoms with Crippen molar-refractivity contribution in [2.75, 3.05) is 9.80 Å². The lowest BCUT2D eigenvalue weighted by atomic mass is 9.33. The number of para-hydroxylation sites is 2. The van der Waals surface area contributed by atoms with Gasteiger partial charge in [-0.25, -0.2) is 0 Å². The predicted octanol–water partition coefficient (Wildman–Crippen LogP) is 26.2. The molecule has 0 atom stereocenters. The second kappa shape index (κ2) is 26.0. The molecule has 0 bridgehead atoms. The highest BCUT2D eigenvalue weighted by Crippen LogP contribution is 2.55. The molecule has 0 spiro atoms. The van der Waals surface area contributed by atoms with Gasteiger partial charge < -0.3 is 14.4 Å². The average molecular weight is 1370 g/mol. The molecule has 19 aromatic rings. The predicted molar refractivity (Wildman–Crippen MR) is 459 cm³/mol. The minimum absolute atomic E-state index is 0.246. The maximum absolute atomic E-state index is 2.68. The van der Waals surface area contributed by atoms with Crippen LogP contribution in [-0.4, -0.2) is 11.3 Å². The first-order valence-electron chi connectivity index (χ1n) is 37.4. The molecular weight excluding hydrogens is 1300 g/mol. The van der Waals surface area contributed by atoms with Crippen LogP contribution in [0.5, 0.6) is 0 Å². The Labute approximate surface area is 629 Å². The summed E-state index contributed by atoms with van der Waals surface area (Å²) < 4.78 is 2.49. The lowest BCUT2D eigenvalue weighted by Gasteiger charge is -2.46. The van der Waals surface area contributed by atoms with E-state index in [4.69, 9.17) is 0 Å². The van der Waals surface area contributed by atoms with Crippen LogP contribution in [0.3, 0.4) is 0 Å². The molecule has 0 radical (unpaired) electrons. The second-order valence-corrected chi connectivity index (χ2v) is 28.5. The van der Waals surface area contributed by atoms with Gasteiger partial charge in [0.2, 0.25) is 0 Å². The van der Waals surface area contributed by atoms with Gasteiger partial charge in [-0.1, -0.05) is 340 Å². The van der Waals surface area contributed by atoms with Crippen LogP contribution in [-0.2, 0) is 0 Å². The molecule has 108 heavy (non-hydrogen) atoms. The van der Waals surface area contributed by atoms with Crippen LogP contribution >= 0.6 is 0 Å². The summed E-state index contributed by atoms with van der Waals surface area (Å²) in [5.74, 6) is 0. The zero-order chi connectivity index (χ0) is 71.2. The standard InChI is InChI=1S/C104H68BN3/c1-9-32-69(33-10-1)79-63-87(71-36-13-3-14-37-71)103(88(64-79)72-38-15-4-16-39-72)107-96-54-31-55-97-102(96)105(92-60-57-78(67-98(92)107)77-56-59-86-91(62-77)101(76-46-23-8-24-47-76)85-51-26-25-50-84(85)100(86)75-44-21-7-22-45-75)93-61-58-81(106-94-52-29-27-48-82(94)83-49-28-30-53-95(83)106)68-99(93)108(97)104-89(73-40-17-5-18-41-73)65-80(70-34-11-2-12-35-70)66-90(104)74-42-19-6-20-43-74/h1-68H. The summed E-state index contributed by atoms with van der Waals surface area (Å²) >= 11 is 0. The summed E-state index contributed by atoms with van der Waals surface area (Å²) in [6, 6.07) is 154. The molecule has 502 valence electrons. The Morgan fingerprint density at radius 2 is 0.509 bits per heavy atom. The van der Waals surface area contributed by atoms with E-state index in [9.17, 15) is 0 Å². The Bertz CT molecular complexity index is 6530. The van der Waals surface area contributed by atoms with Gasteiger partial charge in [0.1, 0.15) is 0 Å². The van der Waals surface area contributed by atoms with Gasteiger partial charge in [-0.05, 0) is 189 Å². The van der Waals surface area contributed by atoms with E-state index < -0.39 is 0 Å². The Kier molecular flexibility index (Phi) is 15.0. The quantitative estimate of drug-likeness (QED) is 0.0892. The van der Waals surface area contributed by atoms with Gasteiger partial charge in [-0.2, -0.15) is 0 Å². The Balaban J connectivity index is 0.896. The van der Waals surface area contributed by atoms with Crippen molar-refractivity contribution in [3.63, 3.8) is 0 Å². The van der Waals surface area contributed by atoms with Crippen molar-refractivity contribution in [2.45, 2.75) is 0 Å². The summed E-state index contributed by atoms with van der Waals surface area (Å²) in [5.41, 5.74) is 34.4. The molecule has 1 aromatic heterocycles. The molecule has 4 heteroatoms. The smallest absolute Gasteiger partial charge is 0.252 e. The van der Waals surface area contributed by atoms with Crippen LogP contribution in [0.2, 0.25) is 0 Å². The fourth-order valence-electron chi connectivity index (χ4n) is 17.8. The molecule has 3 heterocycles. The number of hydrogen-bond donors (Lipinski definition) is 0. The molecule has 0 amide bonds. The minimum atomic E-state index is -0.246. The average Bonchev–Trinajstić information content (AvgIpc) is 0.696. The van der Waals surface area contributed by atoms with Crippen molar-refractivity contribution in [1.29, 1.82) is 0 Å². The van der Waals surface area contributed by atoms with Gasteiger partial charge in [0.15, 0.2) is 0 Å². The van der Waals surface area contributed by atoms with Gasteiger partial charge in [0, 0.05) is 61.5 Å². The van der Waals surface area contributed by atoms with Crippen LogP contribution in [0, 0.1) is 0 Å². The molecule has 3 nitrogen and oxygen atoms in total. The van der Waals surface area contributed by atoms with Gasteiger partial charge >= 0.3 is 0 Å². The van der Waals surface area contributed by atoms with Crippen LogP contribution < -0.4 is 26.2 Å². The van der Waals surface area contributed by atoms with Crippen LogP contribution in [0.25, 0.3) is 149 Å². The molecule has 0 unspecified atom stereocenters. The molecule has 0 N–H and O–H groups in total. The first-order chi connectivity index (χ1) is 53.6. The van der Waals surface area contributed by atoms with E-state index in [2.05, 4.69) is 427 Å². The lowest BCUT2D eigenvalue weighted by Crippen LogP contribution is -2.61. The van der Waals surface area contributed by atoms with Crippen molar-refractivity contribution in [3.8, 4) is 106 Å². The SMILES string of the molecule is c1ccc(-c2cc(-c3ccccc3)c(N3c4cc(-c5ccc6c(-c7ccccc7)c7ccccc7c(-c7ccccc7)c6c5)ccc4B4c5ccc(-n6c7ccccc7c7ccccc76)cc5N(c5c(-c6ccccc6)cc(-c6ccccc6)cc5-c5ccccc5)c5cccc3c54)c(-c3ccccc3)c2)cc1. The van der Waals surface area contributed by atoms with E-state index in [0.29, 0.717) is 0 Å². The molecule has 0 aliphatic carbocycles. The largest absolute Gasteiger partial charge is 0.310 e. The summed E-state index contributed by atoms with van der Waals surface area (Å²) in [7, 11) is 0. The van der Waals surface area contributed by atoms with E-state index in [1.807, 2.05) is 0 Å². The maximum Gasteiger partial charge on any atom is 0.252 e.